The molecule has 154 valence electrons. The minimum absolute atomic E-state index is 0.0316. The second-order valence-electron chi connectivity index (χ2n) is 7.16. The molecule has 1 aliphatic rings. The summed E-state index contributed by atoms with van der Waals surface area (Å²) in [6, 6.07) is 8.87. The number of nitrogens with one attached hydrogen (secondary N) is 1. The first kappa shape index (κ1) is 21.1. The molecule has 0 saturated carbocycles. The molecule has 0 radical (unpaired) electrons. The van der Waals surface area contributed by atoms with E-state index in [0.29, 0.717) is 29.7 Å². The Kier molecular flexibility index (Phi) is 6.14. The average molecular weight is 418 g/mol. The van der Waals surface area contributed by atoms with Crippen LogP contribution < -0.4 is 5.32 Å². The van der Waals surface area contributed by atoms with Crippen molar-refractivity contribution in [3.8, 4) is 0 Å². The molecule has 1 fully saturated rings. The van der Waals surface area contributed by atoms with Crippen molar-refractivity contribution in [2.45, 2.75) is 44.0 Å². The number of rotatable bonds is 5. The maximum atomic E-state index is 13.5. The third-order valence-corrected chi connectivity index (χ3v) is 7.00. The van der Waals surface area contributed by atoms with Gasteiger partial charge in [0.15, 0.2) is 5.78 Å². The molecule has 0 bridgehead atoms. The highest BCUT2D eigenvalue weighted by Gasteiger charge is 2.37. The zero-order chi connectivity index (χ0) is 21.2. The van der Waals surface area contributed by atoms with Gasteiger partial charge in [0.1, 0.15) is 11.9 Å². The zero-order valence-electron chi connectivity index (χ0n) is 16.3. The van der Waals surface area contributed by atoms with Crippen LogP contribution in [-0.2, 0) is 14.8 Å². The van der Waals surface area contributed by atoms with Gasteiger partial charge in [-0.1, -0.05) is 24.6 Å². The molecule has 0 aromatic heterocycles. The van der Waals surface area contributed by atoms with E-state index in [1.165, 1.54) is 47.6 Å². The van der Waals surface area contributed by atoms with E-state index >= 15 is 0 Å². The lowest BCUT2D eigenvalue weighted by Crippen LogP contribution is -2.49. The Morgan fingerprint density at radius 3 is 2.45 bits per heavy atom. The Morgan fingerprint density at radius 1 is 1.10 bits per heavy atom. The minimum Gasteiger partial charge on any atom is -0.324 e. The maximum absolute atomic E-state index is 13.5. The second-order valence-corrected chi connectivity index (χ2v) is 9.05. The van der Waals surface area contributed by atoms with Crippen molar-refractivity contribution < 1.29 is 22.4 Å². The van der Waals surface area contributed by atoms with Gasteiger partial charge >= 0.3 is 0 Å². The molecule has 0 aliphatic carbocycles. The predicted octanol–water partition coefficient (Wildman–Crippen LogP) is 3.52. The van der Waals surface area contributed by atoms with Crippen LogP contribution >= 0.6 is 0 Å². The molecule has 1 N–H and O–H groups in total. The molecule has 6 nitrogen and oxygen atoms in total. The highest BCUT2D eigenvalue weighted by atomic mass is 32.2. The Morgan fingerprint density at radius 2 is 1.79 bits per heavy atom. The number of ketones is 1. The van der Waals surface area contributed by atoms with E-state index in [9.17, 15) is 22.4 Å². The molecule has 1 atom stereocenters. The fraction of sp³-hybridized carbons (Fsp3) is 0.333. The molecule has 1 unspecified atom stereocenters. The SMILES string of the molecule is CC(=O)c1ccc(S(=O)(=O)N2CCCCC2C(=O)Nc2cc(F)ccc2C)cc1. The Bertz CT molecular complexity index is 1040. The molecule has 2 aromatic carbocycles. The standard InChI is InChI=1S/C21H23FN2O4S/c1-14-6-9-17(22)13-19(14)23-21(26)20-5-3-4-12-24(20)29(27,28)18-10-7-16(8-11-18)15(2)25/h6-11,13,20H,3-5,12H2,1-2H3,(H,23,26). The van der Waals surface area contributed by atoms with Crippen molar-refractivity contribution in [3.05, 3.63) is 59.4 Å². The van der Waals surface area contributed by atoms with Crippen LogP contribution in [0.3, 0.4) is 0 Å². The number of anilines is 1. The predicted molar refractivity (Wildman–Crippen MR) is 108 cm³/mol. The Hall–Kier alpha value is -2.58. The largest absolute Gasteiger partial charge is 0.324 e. The third kappa shape index (κ3) is 4.54. The van der Waals surface area contributed by atoms with Crippen LogP contribution in [0, 0.1) is 12.7 Å². The molecule has 1 amide bonds. The number of hydrogen-bond donors (Lipinski definition) is 1. The summed E-state index contributed by atoms with van der Waals surface area (Å²) in [6.45, 7) is 3.36. The van der Waals surface area contributed by atoms with Crippen molar-refractivity contribution in [1.82, 2.24) is 4.31 Å². The van der Waals surface area contributed by atoms with Gasteiger partial charge in [-0.2, -0.15) is 4.31 Å². The van der Waals surface area contributed by atoms with E-state index in [4.69, 9.17) is 0 Å². The number of aryl methyl sites for hydroxylation is 1. The number of Topliss-reactive ketones (excluding diaryl/α,β-unsaturated/α-hetero) is 1. The van der Waals surface area contributed by atoms with Crippen molar-refractivity contribution in [3.63, 3.8) is 0 Å². The van der Waals surface area contributed by atoms with E-state index < -0.39 is 27.8 Å². The van der Waals surface area contributed by atoms with Gasteiger partial charge in [-0.15, -0.1) is 0 Å². The smallest absolute Gasteiger partial charge is 0.243 e. The van der Waals surface area contributed by atoms with E-state index in [1.807, 2.05) is 0 Å². The van der Waals surface area contributed by atoms with Crippen LogP contribution in [0.5, 0.6) is 0 Å². The number of benzene rings is 2. The summed E-state index contributed by atoms with van der Waals surface area (Å²) in [5.74, 6) is -1.12. The van der Waals surface area contributed by atoms with Crippen LogP contribution in [0.4, 0.5) is 10.1 Å². The van der Waals surface area contributed by atoms with Crippen molar-refractivity contribution in [1.29, 1.82) is 0 Å². The van der Waals surface area contributed by atoms with Gasteiger partial charge < -0.3 is 5.32 Å². The fourth-order valence-corrected chi connectivity index (χ4v) is 5.05. The number of amides is 1. The average Bonchev–Trinajstić information content (AvgIpc) is 2.70. The Labute approximate surface area is 169 Å². The molecule has 3 rings (SSSR count). The summed E-state index contributed by atoms with van der Waals surface area (Å²) in [4.78, 5) is 24.3. The molecule has 1 heterocycles. The molecular weight excluding hydrogens is 395 g/mol. The van der Waals surface area contributed by atoms with Gasteiger partial charge in [-0.05, 0) is 56.5 Å². The number of sulfonamides is 1. The van der Waals surface area contributed by atoms with E-state index in [-0.39, 0.29) is 17.2 Å². The lowest BCUT2D eigenvalue weighted by molar-refractivity contribution is -0.120. The van der Waals surface area contributed by atoms with Gasteiger partial charge in [-0.3, -0.25) is 9.59 Å². The number of piperidine rings is 1. The van der Waals surface area contributed by atoms with Crippen LogP contribution in [0.25, 0.3) is 0 Å². The van der Waals surface area contributed by atoms with Crippen LogP contribution in [0.2, 0.25) is 0 Å². The number of nitrogens with zero attached hydrogens (tertiary/aromatic N) is 1. The lowest BCUT2D eigenvalue weighted by atomic mass is 10.0. The first-order chi connectivity index (χ1) is 13.7. The highest BCUT2D eigenvalue weighted by molar-refractivity contribution is 7.89. The number of carbonyl (C=O) groups excluding carboxylic acids is 2. The maximum Gasteiger partial charge on any atom is 0.243 e. The fourth-order valence-electron chi connectivity index (χ4n) is 3.40. The second kappa shape index (κ2) is 8.42. The van der Waals surface area contributed by atoms with Crippen LogP contribution in [0.15, 0.2) is 47.4 Å². The van der Waals surface area contributed by atoms with Gasteiger partial charge in [0, 0.05) is 17.8 Å². The van der Waals surface area contributed by atoms with Gasteiger partial charge in [0.05, 0.1) is 4.90 Å². The highest BCUT2D eigenvalue weighted by Crippen LogP contribution is 2.27. The molecule has 29 heavy (non-hydrogen) atoms. The van der Waals surface area contributed by atoms with Crippen molar-refractivity contribution in [2.75, 3.05) is 11.9 Å². The zero-order valence-corrected chi connectivity index (χ0v) is 17.1. The van der Waals surface area contributed by atoms with E-state index in [1.54, 1.807) is 13.0 Å². The summed E-state index contributed by atoms with van der Waals surface area (Å²) in [6.07, 6.45) is 1.74. The van der Waals surface area contributed by atoms with E-state index in [0.717, 1.165) is 6.42 Å². The summed E-state index contributed by atoms with van der Waals surface area (Å²) in [5, 5.41) is 2.67. The molecule has 2 aromatic rings. The third-order valence-electron chi connectivity index (χ3n) is 5.08. The summed E-state index contributed by atoms with van der Waals surface area (Å²) in [7, 11) is -3.92. The molecule has 8 heteroatoms. The molecule has 1 saturated heterocycles. The quantitative estimate of drug-likeness (QED) is 0.753. The summed E-state index contributed by atoms with van der Waals surface area (Å²) < 4.78 is 41.0. The van der Waals surface area contributed by atoms with Crippen molar-refractivity contribution >= 4 is 27.4 Å². The van der Waals surface area contributed by atoms with Crippen molar-refractivity contribution in [2.24, 2.45) is 0 Å². The van der Waals surface area contributed by atoms with Crippen LogP contribution in [0.1, 0.15) is 42.1 Å². The lowest BCUT2D eigenvalue weighted by Gasteiger charge is -2.33. The first-order valence-corrected chi connectivity index (χ1v) is 10.8. The van der Waals surface area contributed by atoms with Gasteiger partial charge in [0.2, 0.25) is 15.9 Å². The first-order valence-electron chi connectivity index (χ1n) is 9.40. The number of halogens is 1. The molecule has 1 aliphatic heterocycles. The number of carbonyl (C=O) groups is 2. The van der Waals surface area contributed by atoms with E-state index in [2.05, 4.69) is 5.32 Å². The Balaban J connectivity index is 1.87. The van der Waals surface area contributed by atoms with Crippen LogP contribution in [-0.4, -0.2) is 37.0 Å². The summed E-state index contributed by atoms with van der Waals surface area (Å²) in [5.41, 5.74) is 1.42. The number of hydrogen-bond acceptors (Lipinski definition) is 4. The monoisotopic (exact) mass is 418 g/mol. The topological polar surface area (TPSA) is 83.6 Å². The molecule has 0 spiro atoms. The summed E-state index contributed by atoms with van der Waals surface area (Å²) >= 11 is 0. The van der Waals surface area contributed by atoms with Gasteiger partial charge in [-0.25, -0.2) is 12.8 Å². The molecular formula is C21H23FN2O4S. The minimum atomic E-state index is -3.92. The van der Waals surface area contributed by atoms with Gasteiger partial charge in [0.25, 0.3) is 0 Å². The normalized spacial score (nSPS) is 17.7.